The largest absolute Gasteiger partial charge is 0.357 e. The number of nitro benzene ring substituents is 1. The van der Waals surface area contributed by atoms with E-state index in [0.29, 0.717) is 23.6 Å². The zero-order valence-corrected chi connectivity index (χ0v) is 14.7. The monoisotopic (exact) mass is 354 g/mol. The summed E-state index contributed by atoms with van der Waals surface area (Å²) in [6.07, 6.45) is 3.79. The highest BCUT2D eigenvalue weighted by Gasteiger charge is 2.21. The van der Waals surface area contributed by atoms with Crippen LogP contribution in [0.3, 0.4) is 0 Å². The third-order valence-corrected chi connectivity index (χ3v) is 4.79. The number of amides is 1. The maximum atomic E-state index is 12.3. The number of nitro groups is 1. The Morgan fingerprint density at radius 1 is 1.31 bits per heavy atom. The molecule has 0 bridgehead atoms. The summed E-state index contributed by atoms with van der Waals surface area (Å²) in [5.41, 5.74) is 0.980. The number of nitrogens with zero attached hydrogens (tertiary/aromatic N) is 3. The molecule has 1 aliphatic rings. The molecule has 1 aromatic heterocycles. The second kappa shape index (κ2) is 7.95. The Balaban J connectivity index is 1.50. The van der Waals surface area contributed by atoms with Crippen molar-refractivity contribution in [3.8, 4) is 0 Å². The van der Waals surface area contributed by atoms with E-state index < -0.39 is 4.92 Å². The zero-order chi connectivity index (χ0) is 18.5. The summed E-state index contributed by atoms with van der Waals surface area (Å²) >= 11 is 0. The maximum Gasteiger partial charge on any atom is 0.272 e. The highest BCUT2D eigenvalue weighted by molar-refractivity contribution is 5.94. The second-order valence-electron chi connectivity index (χ2n) is 6.59. The lowest BCUT2D eigenvalue weighted by Crippen LogP contribution is -2.39. The molecule has 3 rings (SSSR count). The summed E-state index contributed by atoms with van der Waals surface area (Å²) in [4.78, 5) is 29.4. The van der Waals surface area contributed by atoms with Crippen LogP contribution in [-0.4, -0.2) is 35.4 Å². The molecule has 1 amide bonds. The normalized spacial score (nSPS) is 14.9. The molecule has 1 N–H and O–H groups in total. The third-order valence-electron chi connectivity index (χ3n) is 4.79. The molecule has 7 heteroatoms. The minimum atomic E-state index is -0.438. The lowest BCUT2D eigenvalue weighted by Gasteiger charge is -2.32. The maximum absolute atomic E-state index is 12.3. The van der Waals surface area contributed by atoms with Crippen molar-refractivity contribution in [1.82, 2.24) is 10.3 Å². The number of carbonyl (C=O) groups is 1. The first-order valence-electron chi connectivity index (χ1n) is 8.74. The van der Waals surface area contributed by atoms with E-state index in [4.69, 9.17) is 0 Å². The summed E-state index contributed by atoms with van der Waals surface area (Å²) in [7, 11) is 0. The molecule has 1 aliphatic heterocycles. The molecule has 1 saturated heterocycles. The number of hydrogen-bond donors (Lipinski definition) is 1. The lowest BCUT2D eigenvalue weighted by atomic mass is 9.96. The standard InChI is InChI=1S/C19H22N4O3/c1-14-12-16(5-6-17(14)23(25)26)19(24)21-13-15-7-10-22(11-8-15)18-4-2-3-9-20-18/h2-6,9,12,15H,7-8,10-11,13H2,1H3,(H,21,24). The van der Waals surface area contributed by atoms with E-state index in [1.165, 1.54) is 12.1 Å². The van der Waals surface area contributed by atoms with E-state index >= 15 is 0 Å². The number of hydrogen-bond acceptors (Lipinski definition) is 5. The number of pyridine rings is 1. The van der Waals surface area contributed by atoms with Gasteiger partial charge in [0.15, 0.2) is 0 Å². The van der Waals surface area contributed by atoms with E-state index in [-0.39, 0.29) is 11.6 Å². The van der Waals surface area contributed by atoms with Gasteiger partial charge in [0.2, 0.25) is 0 Å². The van der Waals surface area contributed by atoms with Crippen molar-refractivity contribution < 1.29 is 9.72 Å². The molecule has 0 aliphatic carbocycles. The Morgan fingerprint density at radius 2 is 2.08 bits per heavy atom. The van der Waals surface area contributed by atoms with Crippen molar-refractivity contribution in [1.29, 1.82) is 0 Å². The molecule has 136 valence electrons. The zero-order valence-electron chi connectivity index (χ0n) is 14.7. The summed E-state index contributed by atoms with van der Waals surface area (Å²) < 4.78 is 0. The van der Waals surface area contributed by atoms with Gasteiger partial charge in [-0.1, -0.05) is 6.07 Å². The van der Waals surface area contributed by atoms with E-state index in [9.17, 15) is 14.9 Å². The molecule has 2 aromatic rings. The van der Waals surface area contributed by atoms with Crippen LogP contribution >= 0.6 is 0 Å². The smallest absolute Gasteiger partial charge is 0.272 e. The number of benzene rings is 1. The molecule has 2 heterocycles. The first kappa shape index (κ1) is 17.8. The van der Waals surface area contributed by atoms with Crippen LogP contribution in [0, 0.1) is 23.0 Å². The van der Waals surface area contributed by atoms with Gasteiger partial charge in [-0.2, -0.15) is 0 Å². The predicted molar refractivity (Wildman–Crippen MR) is 99.3 cm³/mol. The van der Waals surface area contributed by atoms with Crippen LogP contribution in [-0.2, 0) is 0 Å². The summed E-state index contributed by atoms with van der Waals surface area (Å²) in [6.45, 7) is 4.11. The first-order valence-corrected chi connectivity index (χ1v) is 8.74. The fraction of sp³-hybridized carbons (Fsp3) is 0.368. The Hall–Kier alpha value is -2.96. The van der Waals surface area contributed by atoms with Gasteiger partial charge in [-0.3, -0.25) is 14.9 Å². The average Bonchev–Trinajstić information content (AvgIpc) is 2.67. The molecule has 1 fully saturated rings. The number of rotatable bonds is 5. The minimum absolute atomic E-state index is 0.0310. The molecule has 1 aromatic carbocycles. The van der Waals surface area contributed by atoms with Crippen molar-refractivity contribution in [2.75, 3.05) is 24.5 Å². The van der Waals surface area contributed by atoms with Gasteiger partial charge in [-0.05, 0) is 49.9 Å². The number of anilines is 1. The number of aryl methyl sites for hydroxylation is 1. The van der Waals surface area contributed by atoms with Crippen molar-refractivity contribution in [3.05, 3.63) is 63.8 Å². The van der Waals surface area contributed by atoms with Gasteiger partial charge in [-0.25, -0.2) is 4.98 Å². The van der Waals surface area contributed by atoms with Gasteiger partial charge in [0.1, 0.15) is 5.82 Å². The van der Waals surface area contributed by atoms with Gasteiger partial charge < -0.3 is 10.2 Å². The highest BCUT2D eigenvalue weighted by atomic mass is 16.6. The quantitative estimate of drug-likeness (QED) is 0.659. The molecule has 0 saturated carbocycles. The van der Waals surface area contributed by atoms with Gasteiger partial charge in [0.25, 0.3) is 11.6 Å². The van der Waals surface area contributed by atoms with Crippen LogP contribution in [0.1, 0.15) is 28.8 Å². The van der Waals surface area contributed by atoms with E-state index in [1.807, 2.05) is 18.2 Å². The summed E-state index contributed by atoms with van der Waals surface area (Å²) in [5.74, 6) is 1.24. The van der Waals surface area contributed by atoms with Gasteiger partial charge in [-0.15, -0.1) is 0 Å². The number of aromatic nitrogens is 1. The van der Waals surface area contributed by atoms with Gasteiger partial charge in [0.05, 0.1) is 4.92 Å². The third kappa shape index (κ3) is 4.17. The Morgan fingerprint density at radius 3 is 2.69 bits per heavy atom. The summed E-state index contributed by atoms with van der Waals surface area (Å²) in [5, 5.41) is 13.8. The van der Waals surface area contributed by atoms with Crippen LogP contribution in [0.25, 0.3) is 0 Å². The Kier molecular flexibility index (Phi) is 5.46. The average molecular weight is 354 g/mol. The number of piperidine rings is 1. The molecule has 7 nitrogen and oxygen atoms in total. The van der Waals surface area contributed by atoms with Crippen LogP contribution in [0.2, 0.25) is 0 Å². The van der Waals surface area contributed by atoms with Crippen LogP contribution in [0.5, 0.6) is 0 Å². The molecule has 0 atom stereocenters. The SMILES string of the molecule is Cc1cc(C(=O)NCC2CCN(c3ccccn3)CC2)ccc1[N+](=O)[O-]. The van der Waals surface area contributed by atoms with E-state index in [0.717, 1.165) is 31.7 Å². The minimum Gasteiger partial charge on any atom is -0.357 e. The van der Waals surface area contributed by atoms with Crippen molar-refractivity contribution in [2.24, 2.45) is 5.92 Å². The first-order chi connectivity index (χ1) is 12.5. The highest BCUT2D eigenvalue weighted by Crippen LogP contribution is 2.22. The molecular weight excluding hydrogens is 332 g/mol. The molecule has 0 unspecified atom stereocenters. The van der Waals surface area contributed by atoms with Crippen molar-refractivity contribution in [2.45, 2.75) is 19.8 Å². The van der Waals surface area contributed by atoms with Crippen molar-refractivity contribution in [3.63, 3.8) is 0 Å². The lowest BCUT2D eigenvalue weighted by molar-refractivity contribution is -0.385. The van der Waals surface area contributed by atoms with Crippen LogP contribution < -0.4 is 10.2 Å². The fourth-order valence-corrected chi connectivity index (χ4v) is 3.25. The summed E-state index contributed by atoms with van der Waals surface area (Å²) in [6, 6.07) is 10.4. The molecule has 0 spiro atoms. The molecule has 26 heavy (non-hydrogen) atoms. The van der Waals surface area contributed by atoms with Crippen LogP contribution in [0.15, 0.2) is 42.6 Å². The van der Waals surface area contributed by atoms with Gasteiger partial charge in [0, 0.05) is 43.0 Å². The van der Waals surface area contributed by atoms with E-state index in [1.54, 1.807) is 19.2 Å². The van der Waals surface area contributed by atoms with Gasteiger partial charge >= 0.3 is 0 Å². The Bertz CT molecular complexity index is 787. The molecule has 0 radical (unpaired) electrons. The fourth-order valence-electron chi connectivity index (χ4n) is 3.25. The predicted octanol–water partition coefficient (Wildman–Crippen LogP) is 2.94. The number of carbonyl (C=O) groups excluding carboxylic acids is 1. The second-order valence-corrected chi connectivity index (χ2v) is 6.59. The van der Waals surface area contributed by atoms with Crippen molar-refractivity contribution >= 4 is 17.4 Å². The topological polar surface area (TPSA) is 88.4 Å². The van der Waals surface area contributed by atoms with Crippen LogP contribution in [0.4, 0.5) is 11.5 Å². The number of nitrogens with one attached hydrogen (secondary N) is 1. The Labute approximate surface area is 152 Å². The van der Waals surface area contributed by atoms with E-state index in [2.05, 4.69) is 15.2 Å². The molecular formula is C19H22N4O3.